The van der Waals surface area contributed by atoms with Gasteiger partial charge in [0.05, 0.1) is 19.3 Å². The van der Waals surface area contributed by atoms with E-state index in [0.717, 1.165) is 12.8 Å². The zero-order chi connectivity index (χ0) is 15.7. The van der Waals surface area contributed by atoms with Gasteiger partial charge >= 0.3 is 0 Å². The minimum Gasteiger partial charge on any atom is -0.396 e. The summed E-state index contributed by atoms with van der Waals surface area (Å²) in [6, 6.07) is 10.6. The Balaban J connectivity index is 1.77. The van der Waals surface area contributed by atoms with Gasteiger partial charge < -0.3 is 9.84 Å². The Morgan fingerprint density at radius 3 is 2.64 bits per heavy atom. The summed E-state index contributed by atoms with van der Waals surface area (Å²) in [6.45, 7) is 7.68. The van der Waals surface area contributed by atoms with Crippen molar-refractivity contribution in [1.82, 2.24) is 0 Å². The molecule has 2 aliphatic rings. The van der Waals surface area contributed by atoms with Crippen LogP contribution < -0.4 is 0 Å². The Hall–Kier alpha value is -1.12. The van der Waals surface area contributed by atoms with E-state index < -0.39 is 0 Å². The minimum absolute atomic E-state index is 0.0899. The monoisotopic (exact) mass is 300 g/mol. The number of hydrogen-bond acceptors (Lipinski definition) is 2. The van der Waals surface area contributed by atoms with Crippen LogP contribution in [-0.4, -0.2) is 24.4 Å². The first-order chi connectivity index (χ1) is 10.6. The molecule has 22 heavy (non-hydrogen) atoms. The molecule has 0 unspecified atom stereocenters. The Morgan fingerprint density at radius 1 is 1.23 bits per heavy atom. The second-order valence-electron chi connectivity index (χ2n) is 7.28. The molecule has 2 heteroatoms. The highest BCUT2D eigenvalue weighted by Crippen LogP contribution is 2.52. The molecular formula is C20H28O2. The van der Waals surface area contributed by atoms with Crippen LogP contribution in [-0.2, 0) is 11.2 Å². The van der Waals surface area contributed by atoms with Gasteiger partial charge in [-0.25, -0.2) is 0 Å². The van der Waals surface area contributed by atoms with E-state index in [-0.39, 0.29) is 18.1 Å². The van der Waals surface area contributed by atoms with Crippen molar-refractivity contribution in [2.24, 2.45) is 23.2 Å². The average Bonchev–Trinajstić information content (AvgIpc) is 2.52. The summed E-state index contributed by atoms with van der Waals surface area (Å²) in [7, 11) is 0. The Bertz CT molecular complexity index is 536. The molecule has 1 aromatic rings. The van der Waals surface area contributed by atoms with Crippen molar-refractivity contribution < 1.29 is 9.84 Å². The SMILES string of the molecule is CC1=C[C@@H](C)[C@@]2(CO)CO[C@@H](CCc3ccccc3)[C@@H]1[C@H]2C. The van der Waals surface area contributed by atoms with Gasteiger partial charge in [-0.05, 0) is 37.2 Å². The van der Waals surface area contributed by atoms with Crippen LogP contribution in [0.4, 0.5) is 0 Å². The molecule has 1 fully saturated rings. The Kier molecular flexibility index (Phi) is 4.42. The zero-order valence-electron chi connectivity index (χ0n) is 14.0. The third-order valence-corrected chi connectivity index (χ3v) is 6.21. The zero-order valence-corrected chi connectivity index (χ0v) is 14.0. The number of rotatable bonds is 4. The van der Waals surface area contributed by atoms with E-state index in [0.29, 0.717) is 24.4 Å². The van der Waals surface area contributed by atoms with Crippen LogP contribution in [0.1, 0.15) is 32.8 Å². The van der Waals surface area contributed by atoms with Crippen LogP contribution in [0.5, 0.6) is 0 Å². The minimum atomic E-state index is -0.0899. The highest BCUT2D eigenvalue weighted by atomic mass is 16.5. The molecule has 2 bridgehead atoms. The smallest absolute Gasteiger partial charge is 0.0646 e. The summed E-state index contributed by atoms with van der Waals surface area (Å²) in [5.41, 5.74) is 2.73. The molecule has 1 aromatic carbocycles. The molecule has 1 heterocycles. The van der Waals surface area contributed by atoms with E-state index in [1.54, 1.807) is 0 Å². The molecule has 1 N–H and O–H groups in total. The van der Waals surface area contributed by atoms with E-state index in [4.69, 9.17) is 4.74 Å². The summed E-state index contributed by atoms with van der Waals surface area (Å²) in [6.07, 6.45) is 4.77. The molecule has 0 saturated carbocycles. The van der Waals surface area contributed by atoms with Gasteiger partial charge in [-0.1, -0.05) is 55.8 Å². The van der Waals surface area contributed by atoms with Crippen LogP contribution in [0.2, 0.25) is 0 Å². The molecule has 0 radical (unpaired) electrons. The van der Waals surface area contributed by atoms with Gasteiger partial charge in [0.2, 0.25) is 0 Å². The molecule has 1 aliphatic carbocycles. The molecule has 120 valence electrons. The maximum atomic E-state index is 10.0. The quantitative estimate of drug-likeness (QED) is 0.856. The van der Waals surface area contributed by atoms with Crippen molar-refractivity contribution in [3.8, 4) is 0 Å². The maximum absolute atomic E-state index is 10.0. The molecule has 2 nitrogen and oxygen atoms in total. The molecule has 5 atom stereocenters. The van der Waals surface area contributed by atoms with E-state index >= 15 is 0 Å². The van der Waals surface area contributed by atoms with Gasteiger partial charge in [-0.3, -0.25) is 0 Å². The van der Waals surface area contributed by atoms with Gasteiger partial charge in [-0.15, -0.1) is 0 Å². The Labute approximate surface area is 134 Å². The van der Waals surface area contributed by atoms with Crippen molar-refractivity contribution in [2.75, 3.05) is 13.2 Å². The summed E-state index contributed by atoms with van der Waals surface area (Å²) >= 11 is 0. The summed E-state index contributed by atoms with van der Waals surface area (Å²) in [4.78, 5) is 0. The number of benzene rings is 1. The number of fused-ring (bicyclic) bond motifs is 2. The van der Waals surface area contributed by atoms with Gasteiger partial charge in [0.15, 0.2) is 0 Å². The predicted molar refractivity (Wildman–Crippen MR) is 89.6 cm³/mol. The highest BCUT2D eigenvalue weighted by Gasteiger charge is 2.52. The first-order valence-electron chi connectivity index (χ1n) is 8.53. The largest absolute Gasteiger partial charge is 0.396 e. The second-order valence-corrected chi connectivity index (χ2v) is 7.28. The van der Waals surface area contributed by atoms with E-state index in [2.05, 4.69) is 57.2 Å². The van der Waals surface area contributed by atoms with Gasteiger partial charge in [0.25, 0.3) is 0 Å². The first-order valence-corrected chi connectivity index (χ1v) is 8.53. The summed E-state index contributed by atoms with van der Waals surface area (Å²) < 4.78 is 6.27. The standard InChI is InChI=1S/C20H28O2/c1-14-11-15(2)20(12-21)13-22-18(19(14)16(20)3)10-9-17-7-5-4-6-8-17/h4-8,11,15-16,18-19,21H,9-10,12-13H2,1-3H3/t15-,16-,18+,19+,20-/m1/s1. The van der Waals surface area contributed by atoms with Crippen LogP contribution >= 0.6 is 0 Å². The molecule has 1 saturated heterocycles. The highest BCUT2D eigenvalue weighted by molar-refractivity contribution is 5.21. The fraction of sp³-hybridized carbons (Fsp3) is 0.600. The van der Waals surface area contributed by atoms with Crippen molar-refractivity contribution in [3.05, 3.63) is 47.5 Å². The molecule has 3 rings (SSSR count). The first kappa shape index (κ1) is 15.8. The second kappa shape index (κ2) is 6.17. The van der Waals surface area contributed by atoms with Gasteiger partial charge in [-0.2, -0.15) is 0 Å². The third kappa shape index (κ3) is 2.53. The third-order valence-electron chi connectivity index (χ3n) is 6.21. The number of aliphatic hydroxyl groups excluding tert-OH is 1. The lowest BCUT2D eigenvalue weighted by molar-refractivity contribution is -0.164. The molecular weight excluding hydrogens is 272 g/mol. The molecule has 0 spiro atoms. The van der Waals surface area contributed by atoms with E-state index in [9.17, 15) is 5.11 Å². The van der Waals surface area contributed by atoms with Crippen LogP contribution in [0.25, 0.3) is 0 Å². The number of hydrogen-bond donors (Lipinski definition) is 1. The number of aryl methyl sites for hydroxylation is 1. The van der Waals surface area contributed by atoms with Crippen LogP contribution in [0.15, 0.2) is 42.0 Å². The maximum Gasteiger partial charge on any atom is 0.0646 e. The lowest BCUT2D eigenvalue weighted by Crippen LogP contribution is -2.56. The number of aliphatic hydroxyl groups is 1. The van der Waals surface area contributed by atoms with Crippen molar-refractivity contribution in [3.63, 3.8) is 0 Å². The summed E-state index contributed by atoms with van der Waals surface area (Å²) in [5, 5.41) is 10.0. The van der Waals surface area contributed by atoms with Gasteiger partial charge in [0, 0.05) is 11.3 Å². The lowest BCUT2D eigenvalue weighted by atomic mass is 9.56. The van der Waals surface area contributed by atoms with Crippen molar-refractivity contribution in [1.29, 1.82) is 0 Å². The van der Waals surface area contributed by atoms with Crippen molar-refractivity contribution in [2.45, 2.75) is 39.7 Å². The van der Waals surface area contributed by atoms with Crippen molar-refractivity contribution >= 4 is 0 Å². The topological polar surface area (TPSA) is 29.5 Å². The number of ether oxygens (including phenoxy) is 1. The van der Waals surface area contributed by atoms with E-state index in [1.165, 1.54) is 11.1 Å². The fourth-order valence-corrected chi connectivity index (χ4v) is 4.63. The van der Waals surface area contributed by atoms with Gasteiger partial charge in [0.1, 0.15) is 0 Å². The fourth-order valence-electron chi connectivity index (χ4n) is 4.63. The number of allylic oxidation sites excluding steroid dienone is 1. The predicted octanol–water partition coefficient (Wildman–Crippen LogP) is 3.85. The molecule has 0 amide bonds. The van der Waals surface area contributed by atoms with E-state index in [1.807, 2.05) is 0 Å². The summed E-state index contributed by atoms with van der Waals surface area (Å²) in [5.74, 6) is 1.31. The Morgan fingerprint density at radius 2 is 1.95 bits per heavy atom. The average molecular weight is 300 g/mol. The lowest BCUT2D eigenvalue weighted by Gasteiger charge is -2.55. The normalized spacial score (nSPS) is 37.7. The van der Waals surface area contributed by atoms with Crippen LogP contribution in [0.3, 0.4) is 0 Å². The molecule has 0 aromatic heterocycles. The molecule has 1 aliphatic heterocycles. The van der Waals surface area contributed by atoms with Crippen LogP contribution in [0, 0.1) is 23.2 Å².